The number of amides is 1. The lowest BCUT2D eigenvalue weighted by Gasteiger charge is -2.11. The summed E-state index contributed by atoms with van der Waals surface area (Å²) in [5.41, 5.74) is 1.01. The molecule has 0 heterocycles. The van der Waals surface area contributed by atoms with Gasteiger partial charge in [0.25, 0.3) is 0 Å². The second kappa shape index (κ2) is 6.46. The van der Waals surface area contributed by atoms with Gasteiger partial charge in [0.15, 0.2) is 0 Å². The summed E-state index contributed by atoms with van der Waals surface area (Å²) < 4.78 is 4.71. The summed E-state index contributed by atoms with van der Waals surface area (Å²) in [4.78, 5) is 11.1. The molecule has 0 saturated heterocycles. The van der Waals surface area contributed by atoms with Crippen molar-refractivity contribution in [3.8, 4) is 6.07 Å². The molecule has 0 bridgehead atoms. The molecule has 16 heavy (non-hydrogen) atoms. The SMILES string of the molecule is CCOC(=O)N[C@H](C#N)Cc1ccccc1. The summed E-state index contributed by atoms with van der Waals surface area (Å²) >= 11 is 0. The molecule has 1 atom stereocenters. The molecular formula is C12H14N2O2. The number of carbonyl (C=O) groups excluding carboxylic acids is 1. The first-order chi connectivity index (χ1) is 7.76. The molecule has 1 N–H and O–H groups in total. The number of carbonyl (C=O) groups is 1. The number of hydrogen-bond acceptors (Lipinski definition) is 3. The van der Waals surface area contributed by atoms with Gasteiger partial charge in [-0.25, -0.2) is 4.79 Å². The lowest BCUT2D eigenvalue weighted by molar-refractivity contribution is 0.150. The Labute approximate surface area is 94.8 Å². The quantitative estimate of drug-likeness (QED) is 0.839. The maximum absolute atomic E-state index is 11.1. The molecule has 0 unspecified atom stereocenters. The topological polar surface area (TPSA) is 62.1 Å². The number of nitriles is 1. The van der Waals surface area contributed by atoms with Crippen LogP contribution < -0.4 is 5.32 Å². The van der Waals surface area contributed by atoms with Crippen LogP contribution in [-0.4, -0.2) is 18.7 Å². The standard InChI is InChI=1S/C12H14N2O2/c1-2-16-12(15)14-11(9-13)8-10-6-4-3-5-7-10/h3-7,11H,2,8H2,1H3,(H,14,15)/t11-/m0/s1. The van der Waals surface area contributed by atoms with Crippen molar-refractivity contribution in [1.82, 2.24) is 5.32 Å². The molecule has 84 valence electrons. The Morgan fingerprint density at radius 3 is 2.75 bits per heavy atom. The van der Waals surface area contributed by atoms with Crippen molar-refractivity contribution in [2.24, 2.45) is 0 Å². The summed E-state index contributed by atoms with van der Waals surface area (Å²) in [5, 5.41) is 11.4. The maximum atomic E-state index is 11.1. The molecule has 0 aliphatic carbocycles. The van der Waals surface area contributed by atoms with Crippen molar-refractivity contribution >= 4 is 6.09 Å². The van der Waals surface area contributed by atoms with E-state index in [9.17, 15) is 4.79 Å². The van der Waals surface area contributed by atoms with Gasteiger partial charge in [0.05, 0.1) is 12.7 Å². The van der Waals surface area contributed by atoms with Crippen LogP contribution in [0.1, 0.15) is 12.5 Å². The Hall–Kier alpha value is -2.02. The number of benzene rings is 1. The smallest absolute Gasteiger partial charge is 0.408 e. The van der Waals surface area contributed by atoms with Crippen molar-refractivity contribution < 1.29 is 9.53 Å². The molecule has 0 fully saturated rings. The maximum Gasteiger partial charge on any atom is 0.408 e. The number of rotatable bonds is 4. The molecule has 0 radical (unpaired) electrons. The first-order valence-corrected chi connectivity index (χ1v) is 5.13. The van der Waals surface area contributed by atoms with Crippen LogP contribution >= 0.6 is 0 Å². The van der Waals surface area contributed by atoms with Crippen LogP contribution in [0.4, 0.5) is 4.79 Å². The van der Waals surface area contributed by atoms with E-state index in [-0.39, 0.29) is 0 Å². The zero-order valence-corrected chi connectivity index (χ0v) is 9.14. The van der Waals surface area contributed by atoms with E-state index in [2.05, 4.69) is 5.32 Å². The largest absolute Gasteiger partial charge is 0.450 e. The molecule has 1 aromatic carbocycles. The minimum absolute atomic E-state index is 0.301. The summed E-state index contributed by atoms with van der Waals surface area (Å²) in [6, 6.07) is 11.0. The first-order valence-electron chi connectivity index (χ1n) is 5.13. The second-order valence-corrected chi connectivity index (χ2v) is 3.24. The van der Waals surface area contributed by atoms with Gasteiger partial charge in [0.1, 0.15) is 6.04 Å². The van der Waals surface area contributed by atoms with Crippen LogP contribution in [0.25, 0.3) is 0 Å². The summed E-state index contributed by atoms with van der Waals surface area (Å²) in [6.45, 7) is 2.02. The predicted octanol–water partition coefficient (Wildman–Crippen LogP) is 1.87. The van der Waals surface area contributed by atoms with Gasteiger partial charge < -0.3 is 10.1 Å². The number of hydrogen-bond donors (Lipinski definition) is 1. The highest BCUT2D eigenvalue weighted by Crippen LogP contribution is 2.02. The summed E-state index contributed by atoms with van der Waals surface area (Å²) in [5.74, 6) is 0. The first kappa shape index (κ1) is 12.1. The molecule has 0 aromatic heterocycles. The van der Waals surface area contributed by atoms with Crippen molar-refractivity contribution in [3.63, 3.8) is 0 Å². The van der Waals surface area contributed by atoms with Gasteiger partial charge in [-0.05, 0) is 12.5 Å². The van der Waals surface area contributed by atoms with E-state index >= 15 is 0 Å². The van der Waals surface area contributed by atoms with Gasteiger partial charge in [-0.3, -0.25) is 0 Å². The monoisotopic (exact) mass is 218 g/mol. The van der Waals surface area contributed by atoms with E-state index in [1.54, 1.807) is 6.92 Å². The van der Waals surface area contributed by atoms with Gasteiger partial charge in [-0.15, -0.1) is 0 Å². The highest BCUT2D eigenvalue weighted by atomic mass is 16.5. The van der Waals surface area contributed by atoms with Crippen LogP contribution in [0.5, 0.6) is 0 Å². The molecule has 4 heteroatoms. The molecule has 0 aliphatic rings. The minimum Gasteiger partial charge on any atom is -0.450 e. The van der Waals surface area contributed by atoms with E-state index in [1.165, 1.54) is 0 Å². The zero-order chi connectivity index (χ0) is 11.8. The zero-order valence-electron chi connectivity index (χ0n) is 9.14. The fourth-order valence-electron chi connectivity index (χ4n) is 1.29. The van der Waals surface area contributed by atoms with Crippen LogP contribution in [-0.2, 0) is 11.2 Å². The Morgan fingerprint density at radius 2 is 2.19 bits per heavy atom. The van der Waals surface area contributed by atoms with Crippen molar-refractivity contribution in [3.05, 3.63) is 35.9 Å². The number of nitrogens with zero attached hydrogens (tertiary/aromatic N) is 1. The van der Waals surface area contributed by atoms with E-state index in [1.807, 2.05) is 36.4 Å². The van der Waals surface area contributed by atoms with Crippen LogP contribution in [0.2, 0.25) is 0 Å². The third-order valence-corrected chi connectivity index (χ3v) is 2.01. The molecule has 1 rings (SSSR count). The van der Waals surface area contributed by atoms with E-state index in [0.29, 0.717) is 13.0 Å². The average molecular weight is 218 g/mol. The van der Waals surface area contributed by atoms with Gasteiger partial charge >= 0.3 is 6.09 Å². The second-order valence-electron chi connectivity index (χ2n) is 3.24. The predicted molar refractivity (Wildman–Crippen MR) is 59.7 cm³/mol. The highest BCUT2D eigenvalue weighted by Gasteiger charge is 2.12. The highest BCUT2D eigenvalue weighted by molar-refractivity contribution is 5.68. The fourth-order valence-corrected chi connectivity index (χ4v) is 1.29. The number of alkyl carbamates (subject to hydrolysis) is 1. The number of nitrogens with one attached hydrogen (secondary N) is 1. The minimum atomic E-state index is -0.554. The Kier molecular flexibility index (Phi) is 4.87. The average Bonchev–Trinajstić information content (AvgIpc) is 2.30. The van der Waals surface area contributed by atoms with Crippen molar-refractivity contribution in [1.29, 1.82) is 5.26 Å². The van der Waals surface area contributed by atoms with Gasteiger partial charge in [0, 0.05) is 6.42 Å². The van der Waals surface area contributed by atoms with Gasteiger partial charge in [-0.2, -0.15) is 5.26 Å². The molecule has 0 aliphatic heterocycles. The van der Waals surface area contributed by atoms with E-state index < -0.39 is 12.1 Å². The van der Waals surface area contributed by atoms with Crippen molar-refractivity contribution in [2.75, 3.05) is 6.61 Å². The third-order valence-electron chi connectivity index (χ3n) is 2.01. The number of ether oxygens (including phenoxy) is 1. The molecular weight excluding hydrogens is 204 g/mol. The Balaban J connectivity index is 2.51. The van der Waals surface area contributed by atoms with Gasteiger partial charge in [-0.1, -0.05) is 30.3 Å². The van der Waals surface area contributed by atoms with Crippen LogP contribution in [0.15, 0.2) is 30.3 Å². The van der Waals surface area contributed by atoms with E-state index in [0.717, 1.165) is 5.56 Å². The lowest BCUT2D eigenvalue weighted by atomic mass is 10.1. The van der Waals surface area contributed by atoms with Gasteiger partial charge in [0.2, 0.25) is 0 Å². The molecule has 1 amide bonds. The summed E-state index contributed by atoms with van der Waals surface area (Å²) in [6.07, 6.45) is -0.0686. The molecule has 0 spiro atoms. The molecule has 4 nitrogen and oxygen atoms in total. The summed E-state index contributed by atoms with van der Waals surface area (Å²) in [7, 11) is 0. The molecule has 1 aromatic rings. The molecule has 0 saturated carbocycles. The fraction of sp³-hybridized carbons (Fsp3) is 0.333. The van der Waals surface area contributed by atoms with Crippen LogP contribution in [0.3, 0.4) is 0 Å². The Morgan fingerprint density at radius 1 is 1.50 bits per heavy atom. The van der Waals surface area contributed by atoms with Crippen LogP contribution in [0, 0.1) is 11.3 Å². The third kappa shape index (κ3) is 4.01. The van der Waals surface area contributed by atoms with Crippen molar-refractivity contribution in [2.45, 2.75) is 19.4 Å². The van der Waals surface area contributed by atoms with E-state index in [4.69, 9.17) is 10.00 Å². The Bertz CT molecular complexity index is 370. The normalized spacial score (nSPS) is 11.2. The lowest BCUT2D eigenvalue weighted by Crippen LogP contribution is -2.35.